The van der Waals surface area contributed by atoms with Crippen LogP contribution in [0.4, 0.5) is 13.2 Å². The van der Waals surface area contributed by atoms with E-state index in [1.165, 1.54) is 6.20 Å². The third-order valence-corrected chi connectivity index (χ3v) is 5.52. The van der Waals surface area contributed by atoms with Crippen molar-refractivity contribution in [2.75, 3.05) is 26.3 Å². The van der Waals surface area contributed by atoms with Gasteiger partial charge >= 0.3 is 12.1 Å². The van der Waals surface area contributed by atoms with Crippen molar-refractivity contribution in [1.82, 2.24) is 19.7 Å². The number of nitriles is 1. The molecule has 0 saturated carbocycles. The Labute approximate surface area is 192 Å². The van der Waals surface area contributed by atoms with Crippen LogP contribution in [0, 0.1) is 23.2 Å². The van der Waals surface area contributed by atoms with Crippen LogP contribution >= 0.6 is 0 Å². The number of carbonyl (C=O) groups is 2. The maximum Gasteiger partial charge on any atom is 0.490 e. The zero-order valence-electron chi connectivity index (χ0n) is 18.1. The zero-order valence-corrected chi connectivity index (χ0v) is 18.1. The fraction of sp³-hybridized carbons (Fsp3) is 0.476. The number of halogens is 3. The fourth-order valence-corrected chi connectivity index (χ4v) is 3.82. The van der Waals surface area contributed by atoms with Gasteiger partial charge in [-0.1, -0.05) is 0 Å². The molecule has 1 N–H and O–H groups in total. The summed E-state index contributed by atoms with van der Waals surface area (Å²) in [6.07, 6.45) is 0.713. The van der Waals surface area contributed by atoms with E-state index in [1.54, 1.807) is 36.3 Å². The summed E-state index contributed by atoms with van der Waals surface area (Å²) in [6, 6.07) is 5.43. The second-order valence-corrected chi connectivity index (χ2v) is 7.85. The van der Waals surface area contributed by atoms with E-state index in [1.807, 2.05) is 11.0 Å². The molecule has 1 amide bonds. The van der Waals surface area contributed by atoms with Crippen LogP contribution in [0.15, 0.2) is 30.7 Å². The number of pyridine rings is 1. The zero-order chi connectivity index (χ0) is 24.9. The van der Waals surface area contributed by atoms with Crippen molar-refractivity contribution < 1.29 is 37.3 Å². The van der Waals surface area contributed by atoms with Gasteiger partial charge in [-0.3, -0.25) is 9.48 Å². The van der Waals surface area contributed by atoms with Crippen molar-refractivity contribution in [2.45, 2.75) is 18.7 Å². The van der Waals surface area contributed by atoms with Crippen molar-refractivity contribution in [3.05, 3.63) is 41.9 Å². The number of aromatic nitrogens is 3. The number of ether oxygens (including phenoxy) is 2. The molecule has 0 radical (unpaired) electrons. The van der Waals surface area contributed by atoms with Crippen LogP contribution in [0.2, 0.25) is 0 Å². The Kier molecular flexibility index (Phi) is 7.72. The van der Waals surface area contributed by atoms with Gasteiger partial charge in [0, 0.05) is 44.5 Å². The molecule has 2 aliphatic heterocycles. The van der Waals surface area contributed by atoms with E-state index >= 15 is 0 Å². The van der Waals surface area contributed by atoms with E-state index in [9.17, 15) is 18.0 Å². The average Bonchev–Trinajstić information content (AvgIpc) is 3.50. The van der Waals surface area contributed by atoms with Gasteiger partial charge in [0.1, 0.15) is 6.07 Å². The summed E-state index contributed by atoms with van der Waals surface area (Å²) in [5, 5.41) is 20.0. The molecule has 2 aromatic heterocycles. The summed E-state index contributed by atoms with van der Waals surface area (Å²) in [4.78, 5) is 27.5. The Morgan fingerprint density at radius 2 is 2.06 bits per heavy atom. The van der Waals surface area contributed by atoms with E-state index in [2.05, 4.69) is 10.1 Å². The first-order chi connectivity index (χ1) is 16.1. The second-order valence-electron chi connectivity index (χ2n) is 7.85. The number of alkyl halides is 3. The predicted molar refractivity (Wildman–Crippen MR) is 109 cm³/mol. The van der Waals surface area contributed by atoms with Gasteiger partial charge in [0.25, 0.3) is 5.91 Å². The van der Waals surface area contributed by atoms with E-state index < -0.39 is 12.1 Å². The molecule has 0 unspecified atom stereocenters. The second kappa shape index (κ2) is 10.5. The molecular formula is C21H22F3N5O5. The van der Waals surface area contributed by atoms with Gasteiger partial charge in [-0.15, -0.1) is 0 Å². The topological polar surface area (TPSA) is 131 Å². The normalized spacial score (nSPS) is 21.3. The molecule has 13 heteroatoms. The summed E-state index contributed by atoms with van der Waals surface area (Å²) in [5.74, 6) is -1.53. The maximum atomic E-state index is 12.6. The van der Waals surface area contributed by atoms with Crippen LogP contribution in [0.3, 0.4) is 0 Å². The quantitative estimate of drug-likeness (QED) is 0.685. The number of carbonyl (C=O) groups excluding carboxylic acids is 1. The number of carboxylic acid groups (broad SMARTS) is 1. The lowest BCUT2D eigenvalue weighted by Crippen LogP contribution is -2.31. The van der Waals surface area contributed by atoms with Gasteiger partial charge in [0.15, 0.2) is 0 Å². The van der Waals surface area contributed by atoms with Crippen molar-refractivity contribution in [3.8, 4) is 11.9 Å². The molecule has 3 atom stereocenters. The smallest absolute Gasteiger partial charge is 0.478 e. The molecule has 2 fully saturated rings. The predicted octanol–water partition coefficient (Wildman–Crippen LogP) is 1.88. The highest BCUT2D eigenvalue weighted by Gasteiger charge is 2.45. The van der Waals surface area contributed by atoms with Gasteiger partial charge in [-0.05, 0) is 18.4 Å². The highest BCUT2D eigenvalue weighted by Crippen LogP contribution is 2.36. The number of carboxylic acids is 1. The molecule has 4 rings (SSSR count). The first-order valence-electron chi connectivity index (χ1n) is 10.3. The lowest BCUT2D eigenvalue weighted by molar-refractivity contribution is -0.192. The summed E-state index contributed by atoms with van der Waals surface area (Å²) in [7, 11) is 1.80. The van der Waals surface area contributed by atoms with Crippen LogP contribution in [0.5, 0.6) is 5.88 Å². The summed E-state index contributed by atoms with van der Waals surface area (Å²) < 4.78 is 45.0. The number of fused-ring (bicyclic) bond motifs is 1. The van der Waals surface area contributed by atoms with Crippen molar-refractivity contribution in [1.29, 1.82) is 5.26 Å². The minimum Gasteiger partial charge on any atom is -0.478 e. The third kappa shape index (κ3) is 6.22. The number of aryl methyl sites for hydroxylation is 1. The number of likely N-dealkylation sites (tertiary alicyclic amines) is 1. The molecule has 10 nitrogen and oxygen atoms in total. The van der Waals surface area contributed by atoms with E-state index in [0.717, 1.165) is 6.42 Å². The van der Waals surface area contributed by atoms with Crippen molar-refractivity contribution in [2.24, 2.45) is 18.9 Å². The highest BCUT2D eigenvalue weighted by atomic mass is 19.4. The van der Waals surface area contributed by atoms with Crippen molar-refractivity contribution >= 4 is 11.9 Å². The van der Waals surface area contributed by atoms with Gasteiger partial charge in [-0.25, -0.2) is 9.78 Å². The molecule has 2 aliphatic rings. The Balaban J connectivity index is 0.000000406. The van der Waals surface area contributed by atoms with Crippen LogP contribution < -0.4 is 4.74 Å². The summed E-state index contributed by atoms with van der Waals surface area (Å²) in [6.45, 7) is 2.58. The lowest BCUT2D eigenvalue weighted by atomic mass is 9.91. The molecule has 34 heavy (non-hydrogen) atoms. The van der Waals surface area contributed by atoms with Crippen LogP contribution in [-0.2, 0) is 16.6 Å². The van der Waals surface area contributed by atoms with Gasteiger partial charge in [0.05, 0.1) is 36.6 Å². The standard InChI is InChI=1S/C19H21N5O3.C2HF3O2/c1-23-9-15(8-22-23)19(25)24-10-16-14(12-27-17(16)11-24)4-5-26-18-3-2-13(6-20)7-21-18;3-2(4,5)1(6)7/h2-3,7-9,14,16-17H,4-5,10-12H2,1H3;(H,6,7)/t14-,16-,17-;/m0./s1. The Morgan fingerprint density at radius 1 is 1.32 bits per heavy atom. The minimum atomic E-state index is -5.08. The Bertz CT molecular complexity index is 1050. The SMILES string of the molecule is Cn1cc(C(=O)N2C[C@H]3[C@@H](CCOc4ccc(C#N)cn4)CO[C@H]3C2)cn1.O=C(O)C(F)(F)F. The maximum absolute atomic E-state index is 12.6. The number of hydrogen-bond donors (Lipinski definition) is 1. The first kappa shape index (κ1) is 25.0. The number of hydrogen-bond acceptors (Lipinski definition) is 7. The van der Waals surface area contributed by atoms with Gasteiger partial charge in [0.2, 0.25) is 5.88 Å². The molecule has 4 heterocycles. The van der Waals surface area contributed by atoms with E-state index in [4.69, 9.17) is 24.6 Å². The molecule has 2 saturated heterocycles. The molecule has 0 spiro atoms. The van der Waals surface area contributed by atoms with E-state index in [-0.39, 0.29) is 12.0 Å². The highest BCUT2D eigenvalue weighted by molar-refractivity contribution is 5.94. The Morgan fingerprint density at radius 3 is 2.62 bits per heavy atom. The molecular weight excluding hydrogens is 459 g/mol. The van der Waals surface area contributed by atoms with Crippen LogP contribution in [0.25, 0.3) is 0 Å². The minimum absolute atomic E-state index is 0.0119. The lowest BCUT2D eigenvalue weighted by Gasteiger charge is -2.19. The molecule has 0 aliphatic carbocycles. The molecule has 0 bridgehead atoms. The number of rotatable bonds is 5. The fourth-order valence-electron chi connectivity index (χ4n) is 3.82. The third-order valence-electron chi connectivity index (χ3n) is 5.52. The molecule has 0 aromatic carbocycles. The first-order valence-corrected chi connectivity index (χ1v) is 10.3. The average molecular weight is 481 g/mol. The molecule has 2 aromatic rings. The van der Waals surface area contributed by atoms with Gasteiger partial charge in [-0.2, -0.15) is 23.5 Å². The number of nitrogens with zero attached hydrogens (tertiary/aromatic N) is 5. The Hall–Kier alpha value is -3.66. The van der Waals surface area contributed by atoms with Crippen LogP contribution in [-0.4, -0.2) is 75.2 Å². The summed E-state index contributed by atoms with van der Waals surface area (Å²) >= 11 is 0. The van der Waals surface area contributed by atoms with Crippen LogP contribution in [0.1, 0.15) is 22.3 Å². The molecule has 182 valence electrons. The van der Waals surface area contributed by atoms with Gasteiger partial charge < -0.3 is 19.5 Å². The monoisotopic (exact) mass is 481 g/mol. The number of amides is 1. The van der Waals surface area contributed by atoms with Crippen molar-refractivity contribution in [3.63, 3.8) is 0 Å². The number of aliphatic carboxylic acids is 1. The largest absolute Gasteiger partial charge is 0.490 e. The van der Waals surface area contributed by atoms with E-state index in [0.29, 0.717) is 55.1 Å². The summed E-state index contributed by atoms with van der Waals surface area (Å²) in [5.41, 5.74) is 1.13.